The molecule has 1 aliphatic heterocycles. The van der Waals surface area contributed by atoms with Crippen molar-refractivity contribution in [3.8, 4) is 0 Å². The summed E-state index contributed by atoms with van der Waals surface area (Å²) in [4.78, 5) is 13.7. The van der Waals surface area contributed by atoms with Crippen LogP contribution in [0.2, 0.25) is 0 Å². The van der Waals surface area contributed by atoms with Crippen LogP contribution in [0.15, 0.2) is 23.0 Å². The highest BCUT2D eigenvalue weighted by Gasteiger charge is 2.26. The SMILES string of the molecule is CNC1CCN(C(=O)c2ccoc2)C1. The third kappa shape index (κ3) is 1.65. The van der Waals surface area contributed by atoms with E-state index in [9.17, 15) is 4.79 Å². The number of nitrogens with zero attached hydrogens (tertiary/aromatic N) is 1. The van der Waals surface area contributed by atoms with Crippen molar-refractivity contribution in [2.24, 2.45) is 0 Å². The maximum absolute atomic E-state index is 11.8. The van der Waals surface area contributed by atoms with E-state index < -0.39 is 0 Å². The number of carbonyl (C=O) groups excluding carboxylic acids is 1. The number of likely N-dealkylation sites (tertiary alicyclic amines) is 1. The molecule has 1 fully saturated rings. The van der Waals surface area contributed by atoms with Crippen molar-refractivity contribution in [2.45, 2.75) is 12.5 Å². The molecular weight excluding hydrogens is 180 g/mol. The van der Waals surface area contributed by atoms with Gasteiger partial charge in [-0.05, 0) is 19.5 Å². The van der Waals surface area contributed by atoms with Crippen LogP contribution in [0.4, 0.5) is 0 Å². The maximum atomic E-state index is 11.8. The van der Waals surface area contributed by atoms with Gasteiger partial charge in [0.1, 0.15) is 6.26 Å². The Kier molecular flexibility index (Phi) is 2.54. The second-order valence-corrected chi connectivity index (χ2v) is 3.54. The third-order valence-electron chi connectivity index (χ3n) is 2.65. The minimum atomic E-state index is 0.0662. The monoisotopic (exact) mass is 194 g/mol. The predicted molar refractivity (Wildman–Crippen MR) is 52.1 cm³/mol. The van der Waals surface area contributed by atoms with Crippen LogP contribution in [-0.2, 0) is 0 Å². The van der Waals surface area contributed by atoms with Crippen molar-refractivity contribution in [2.75, 3.05) is 20.1 Å². The van der Waals surface area contributed by atoms with Crippen molar-refractivity contribution < 1.29 is 9.21 Å². The van der Waals surface area contributed by atoms with Gasteiger partial charge in [-0.25, -0.2) is 0 Å². The van der Waals surface area contributed by atoms with Gasteiger partial charge in [-0.1, -0.05) is 0 Å². The Morgan fingerprint density at radius 2 is 2.57 bits per heavy atom. The lowest BCUT2D eigenvalue weighted by molar-refractivity contribution is 0.0789. The molecule has 4 nitrogen and oxygen atoms in total. The number of nitrogens with one attached hydrogen (secondary N) is 1. The molecule has 0 aliphatic carbocycles. The summed E-state index contributed by atoms with van der Waals surface area (Å²) in [6.45, 7) is 1.62. The van der Waals surface area contributed by atoms with Gasteiger partial charge in [-0.3, -0.25) is 4.79 Å². The molecule has 0 saturated carbocycles. The molecule has 0 aromatic carbocycles. The van der Waals surface area contributed by atoms with Gasteiger partial charge in [-0.15, -0.1) is 0 Å². The summed E-state index contributed by atoms with van der Waals surface area (Å²) in [5, 5.41) is 3.18. The highest BCUT2D eigenvalue weighted by atomic mass is 16.3. The molecule has 14 heavy (non-hydrogen) atoms. The Morgan fingerprint density at radius 3 is 3.14 bits per heavy atom. The molecule has 2 rings (SSSR count). The standard InChI is InChI=1S/C10H14N2O2/c1-11-9-2-4-12(6-9)10(13)8-3-5-14-7-8/h3,5,7,9,11H,2,4,6H2,1H3. The smallest absolute Gasteiger partial charge is 0.257 e. The number of hydrogen-bond acceptors (Lipinski definition) is 3. The first-order valence-corrected chi connectivity index (χ1v) is 4.80. The fourth-order valence-corrected chi connectivity index (χ4v) is 1.75. The van der Waals surface area contributed by atoms with E-state index in [4.69, 9.17) is 4.42 Å². The first-order chi connectivity index (χ1) is 6.81. The first-order valence-electron chi connectivity index (χ1n) is 4.80. The summed E-state index contributed by atoms with van der Waals surface area (Å²) < 4.78 is 4.89. The fourth-order valence-electron chi connectivity index (χ4n) is 1.75. The summed E-state index contributed by atoms with van der Waals surface area (Å²) in [5.41, 5.74) is 0.641. The van der Waals surface area contributed by atoms with Gasteiger partial charge in [-0.2, -0.15) is 0 Å². The van der Waals surface area contributed by atoms with Gasteiger partial charge in [0, 0.05) is 19.1 Å². The van der Waals surface area contributed by atoms with Gasteiger partial charge in [0.05, 0.1) is 11.8 Å². The Labute approximate surface area is 82.9 Å². The largest absolute Gasteiger partial charge is 0.472 e. The van der Waals surface area contributed by atoms with E-state index >= 15 is 0 Å². The van der Waals surface area contributed by atoms with Gasteiger partial charge in [0.15, 0.2) is 0 Å². The van der Waals surface area contributed by atoms with E-state index in [-0.39, 0.29) is 5.91 Å². The van der Waals surface area contributed by atoms with Crippen molar-refractivity contribution in [3.05, 3.63) is 24.2 Å². The molecule has 1 N–H and O–H groups in total. The van der Waals surface area contributed by atoms with Crippen molar-refractivity contribution in [1.82, 2.24) is 10.2 Å². The molecule has 1 aliphatic rings. The van der Waals surface area contributed by atoms with E-state index in [1.807, 2.05) is 11.9 Å². The minimum absolute atomic E-state index is 0.0662. The Hall–Kier alpha value is -1.29. The lowest BCUT2D eigenvalue weighted by atomic mass is 10.3. The average Bonchev–Trinajstić information content (AvgIpc) is 2.88. The maximum Gasteiger partial charge on any atom is 0.257 e. The molecule has 76 valence electrons. The second-order valence-electron chi connectivity index (χ2n) is 3.54. The van der Waals surface area contributed by atoms with E-state index in [2.05, 4.69) is 5.32 Å². The van der Waals surface area contributed by atoms with E-state index in [1.165, 1.54) is 12.5 Å². The number of likely N-dealkylation sites (N-methyl/N-ethyl adjacent to an activating group) is 1. The van der Waals surface area contributed by atoms with Crippen LogP contribution < -0.4 is 5.32 Å². The molecule has 0 radical (unpaired) electrons. The zero-order valence-electron chi connectivity index (χ0n) is 8.19. The molecule has 4 heteroatoms. The molecule has 1 aromatic heterocycles. The molecule has 1 amide bonds. The van der Waals surface area contributed by atoms with Gasteiger partial charge in [0.25, 0.3) is 5.91 Å². The van der Waals surface area contributed by atoms with Crippen LogP contribution in [0.5, 0.6) is 0 Å². The van der Waals surface area contributed by atoms with Crippen LogP contribution >= 0.6 is 0 Å². The van der Waals surface area contributed by atoms with Gasteiger partial charge >= 0.3 is 0 Å². The number of rotatable bonds is 2. The molecule has 1 saturated heterocycles. The highest BCUT2D eigenvalue weighted by molar-refractivity contribution is 5.94. The number of carbonyl (C=O) groups is 1. The van der Waals surface area contributed by atoms with Crippen molar-refractivity contribution in [1.29, 1.82) is 0 Å². The van der Waals surface area contributed by atoms with Crippen molar-refractivity contribution >= 4 is 5.91 Å². The third-order valence-corrected chi connectivity index (χ3v) is 2.65. The van der Waals surface area contributed by atoms with Crippen LogP contribution in [-0.4, -0.2) is 37.0 Å². The zero-order chi connectivity index (χ0) is 9.97. The lowest BCUT2D eigenvalue weighted by Crippen LogP contribution is -2.33. The van der Waals surface area contributed by atoms with E-state index in [0.29, 0.717) is 11.6 Å². The first kappa shape index (κ1) is 9.27. The van der Waals surface area contributed by atoms with E-state index in [1.54, 1.807) is 6.07 Å². The Morgan fingerprint density at radius 1 is 1.71 bits per heavy atom. The Balaban J connectivity index is 2.00. The average molecular weight is 194 g/mol. The molecule has 1 unspecified atom stereocenters. The molecule has 1 aromatic rings. The van der Waals surface area contributed by atoms with Gasteiger partial charge in [0.2, 0.25) is 0 Å². The van der Waals surface area contributed by atoms with Crippen LogP contribution in [0.1, 0.15) is 16.8 Å². The summed E-state index contributed by atoms with van der Waals surface area (Å²) in [5.74, 6) is 0.0662. The molecular formula is C10H14N2O2. The molecule has 2 heterocycles. The summed E-state index contributed by atoms with van der Waals surface area (Å²) in [6.07, 6.45) is 4.05. The predicted octanol–water partition coefficient (Wildman–Crippen LogP) is 0.713. The number of furan rings is 1. The normalized spacial score (nSPS) is 21.5. The summed E-state index contributed by atoms with van der Waals surface area (Å²) >= 11 is 0. The summed E-state index contributed by atoms with van der Waals surface area (Å²) in [6, 6.07) is 2.14. The molecule has 0 spiro atoms. The van der Waals surface area contributed by atoms with Crippen LogP contribution in [0.25, 0.3) is 0 Å². The quantitative estimate of drug-likeness (QED) is 0.754. The number of amides is 1. The minimum Gasteiger partial charge on any atom is -0.472 e. The van der Waals surface area contributed by atoms with E-state index in [0.717, 1.165) is 19.5 Å². The Bertz CT molecular complexity index is 308. The topological polar surface area (TPSA) is 45.5 Å². The summed E-state index contributed by atoms with van der Waals surface area (Å²) in [7, 11) is 1.93. The number of hydrogen-bond donors (Lipinski definition) is 1. The van der Waals surface area contributed by atoms with Crippen molar-refractivity contribution in [3.63, 3.8) is 0 Å². The fraction of sp³-hybridized carbons (Fsp3) is 0.500. The lowest BCUT2D eigenvalue weighted by Gasteiger charge is -2.14. The zero-order valence-corrected chi connectivity index (χ0v) is 8.19. The molecule has 1 atom stereocenters. The molecule has 0 bridgehead atoms. The highest BCUT2D eigenvalue weighted by Crippen LogP contribution is 2.13. The van der Waals surface area contributed by atoms with Crippen LogP contribution in [0, 0.1) is 0 Å². The second kappa shape index (κ2) is 3.84. The van der Waals surface area contributed by atoms with Crippen LogP contribution in [0.3, 0.4) is 0 Å². The van der Waals surface area contributed by atoms with Gasteiger partial charge < -0.3 is 14.6 Å².